The van der Waals surface area contributed by atoms with Crippen molar-refractivity contribution in [2.45, 2.75) is 13.8 Å². The van der Waals surface area contributed by atoms with Crippen LogP contribution in [0, 0.1) is 23.2 Å². The first-order valence-electron chi connectivity index (χ1n) is 4.13. The highest BCUT2D eigenvalue weighted by Crippen LogP contribution is 2.18. The van der Waals surface area contributed by atoms with Gasteiger partial charge >= 0.3 is 0 Å². The number of hydrogen-bond acceptors (Lipinski definition) is 3. The molecule has 0 bridgehead atoms. The van der Waals surface area contributed by atoms with Crippen molar-refractivity contribution >= 4 is 17.1 Å². The zero-order chi connectivity index (χ0) is 9.84. The monoisotopic (exact) mass is 193 g/mol. The van der Waals surface area contributed by atoms with Crippen molar-refractivity contribution in [1.29, 1.82) is 5.26 Å². The summed E-state index contributed by atoms with van der Waals surface area (Å²) in [5.41, 5.74) is 0.658. The first-order valence-corrected chi connectivity index (χ1v) is 5.07. The lowest BCUT2D eigenvalue weighted by molar-refractivity contribution is 0.0925. The largest absolute Gasteiger partial charge is 0.293 e. The van der Waals surface area contributed by atoms with Crippen molar-refractivity contribution < 1.29 is 4.79 Å². The zero-order valence-corrected chi connectivity index (χ0v) is 8.47. The van der Waals surface area contributed by atoms with Crippen LogP contribution < -0.4 is 0 Å². The fourth-order valence-electron chi connectivity index (χ4n) is 1.09. The lowest BCUT2D eigenvalue weighted by Gasteiger charge is -2.09. The van der Waals surface area contributed by atoms with Gasteiger partial charge in [0.15, 0.2) is 5.78 Å². The minimum Gasteiger partial charge on any atom is -0.293 e. The van der Waals surface area contributed by atoms with Gasteiger partial charge in [-0.15, -0.1) is 0 Å². The fraction of sp³-hybridized carbons (Fsp3) is 0.400. The number of rotatable bonds is 3. The van der Waals surface area contributed by atoms with E-state index in [1.54, 1.807) is 11.4 Å². The van der Waals surface area contributed by atoms with E-state index in [-0.39, 0.29) is 11.7 Å². The van der Waals surface area contributed by atoms with E-state index >= 15 is 0 Å². The molecule has 0 aliphatic carbocycles. The standard InChI is InChI=1S/C10H11NOS/c1-7(2)9(5-11)10(12)8-3-4-13-6-8/h3-4,6-7,9H,1-2H3/t9-/m0/s1. The summed E-state index contributed by atoms with van der Waals surface area (Å²) in [5, 5.41) is 12.4. The van der Waals surface area contributed by atoms with Crippen molar-refractivity contribution in [2.24, 2.45) is 11.8 Å². The second kappa shape index (κ2) is 4.20. The summed E-state index contributed by atoms with van der Waals surface area (Å²) in [6.45, 7) is 3.77. The lowest BCUT2D eigenvalue weighted by atomic mass is 9.90. The van der Waals surface area contributed by atoms with Gasteiger partial charge in [-0.25, -0.2) is 0 Å². The molecule has 1 heterocycles. The van der Waals surface area contributed by atoms with Gasteiger partial charge in [-0.3, -0.25) is 4.79 Å². The van der Waals surface area contributed by atoms with Gasteiger partial charge in [0, 0.05) is 10.9 Å². The Morgan fingerprint density at radius 2 is 2.31 bits per heavy atom. The van der Waals surface area contributed by atoms with E-state index in [0.717, 1.165) is 0 Å². The normalized spacial score (nSPS) is 12.5. The minimum absolute atomic E-state index is 0.0567. The van der Waals surface area contributed by atoms with Gasteiger partial charge in [-0.1, -0.05) is 13.8 Å². The van der Waals surface area contributed by atoms with Crippen LogP contribution in [0.15, 0.2) is 16.8 Å². The summed E-state index contributed by atoms with van der Waals surface area (Å²) in [4.78, 5) is 11.7. The summed E-state index contributed by atoms with van der Waals surface area (Å²) in [5.74, 6) is -0.481. The average Bonchev–Trinajstić information content (AvgIpc) is 2.56. The van der Waals surface area contributed by atoms with Crippen LogP contribution in [0.5, 0.6) is 0 Å². The number of nitriles is 1. The number of carbonyl (C=O) groups is 1. The first kappa shape index (κ1) is 9.94. The van der Waals surface area contributed by atoms with Crippen LogP contribution in [-0.4, -0.2) is 5.78 Å². The average molecular weight is 193 g/mol. The summed E-state index contributed by atoms with van der Waals surface area (Å²) in [7, 11) is 0. The van der Waals surface area contributed by atoms with Crippen LogP contribution in [0.25, 0.3) is 0 Å². The Balaban J connectivity index is 2.85. The number of hydrogen-bond donors (Lipinski definition) is 0. The number of Topliss-reactive ketones (excluding diaryl/α,β-unsaturated/α-hetero) is 1. The Morgan fingerprint density at radius 1 is 1.62 bits per heavy atom. The van der Waals surface area contributed by atoms with Crippen LogP contribution >= 0.6 is 11.3 Å². The van der Waals surface area contributed by atoms with E-state index in [1.807, 2.05) is 25.3 Å². The molecule has 2 nitrogen and oxygen atoms in total. The van der Waals surface area contributed by atoms with E-state index < -0.39 is 5.92 Å². The lowest BCUT2D eigenvalue weighted by Crippen LogP contribution is -2.17. The van der Waals surface area contributed by atoms with Gasteiger partial charge in [0.25, 0.3) is 0 Å². The molecule has 68 valence electrons. The third-order valence-corrected chi connectivity index (χ3v) is 2.58. The Hall–Kier alpha value is -1.14. The highest BCUT2D eigenvalue weighted by molar-refractivity contribution is 7.08. The SMILES string of the molecule is CC(C)[C@H](C#N)C(=O)c1ccsc1. The maximum Gasteiger partial charge on any atom is 0.181 e. The molecule has 13 heavy (non-hydrogen) atoms. The Morgan fingerprint density at radius 3 is 2.69 bits per heavy atom. The maximum atomic E-state index is 11.7. The molecule has 1 atom stereocenters. The number of thiophene rings is 1. The molecular weight excluding hydrogens is 182 g/mol. The van der Waals surface area contributed by atoms with E-state index in [2.05, 4.69) is 0 Å². The zero-order valence-electron chi connectivity index (χ0n) is 7.65. The highest BCUT2D eigenvalue weighted by atomic mass is 32.1. The topological polar surface area (TPSA) is 40.9 Å². The molecule has 0 saturated heterocycles. The summed E-state index contributed by atoms with van der Waals surface area (Å²) >= 11 is 1.48. The van der Waals surface area contributed by atoms with Gasteiger partial charge in [-0.2, -0.15) is 16.6 Å². The van der Waals surface area contributed by atoms with Crippen molar-refractivity contribution in [3.05, 3.63) is 22.4 Å². The third kappa shape index (κ3) is 2.16. The van der Waals surface area contributed by atoms with E-state index in [4.69, 9.17) is 5.26 Å². The molecule has 0 N–H and O–H groups in total. The molecule has 1 aromatic heterocycles. The molecule has 3 heteroatoms. The van der Waals surface area contributed by atoms with Crippen molar-refractivity contribution in [3.63, 3.8) is 0 Å². The molecule has 0 radical (unpaired) electrons. The van der Waals surface area contributed by atoms with Gasteiger partial charge in [0.1, 0.15) is 5.92 Å². The molecule has 0 spiro atoms. The fourth-order valence-corrected chi connectivity index (χ4v) is 1.74. The molecular formula is C10H11NOS. The van der Waals surface area contributed by atoms with Gasteiger partial charge < -0.3 is 0 Å². The summed E-state index contributed by atoms with van der Waals surface area (Å²) in [6.07, 6.45) is 0. The molecule has 0 aromatic carbocycles. The van der Waals surface area contributed by atoms with E-state index in [0.29, 0.717) is 5.56 Å². The van der Waals surface area contributed by atoms with Crippen LogP contribution in [-0.2, 0) is 0 Å². The second-order valence-electron chi connectivity index (χ2n) is 3.23. The Bertz CT molecular complexity index is 321. The molecule has 0 aliphatic rings. The van der Waals surface area contributed by atoms with Crippen LogP contribution in [0.3, 0.4) is 0 Å². The first-order chi connectivity index (χ1) is 6.16. The quantitative estimate of drug-likeness (QED) is 0.692. The van der Waals surface area contributed by atoms with Crippen molar-refractivity contribution in [3.8, 4) is 6.07 Å². The van der Waals surface area contributed by atoms with E-state index in [9.17, 15) is 4.79 Å². The summed E-state index contributed by atoms with van der Waals surface area (Å²) in [6, 6.07) is 3.81. The smallest absolute Gasteiger partial charge is 0.181 e. The number of ketones is 1. The van der Waals surface area contributed by atoms with Gasteiger partial charge in [0.05, 0.1) is 6.07 Å². The predicted molar refractivity (Wildman–Crippen MR) is 52.6 cm³/mol. The molecule has 0 unspecified atom stereocenters. The van der Waals surface area contributed by atoms with Gasteiger partial charge in [-0.05, 0) is 17.4 Å². The number of carbonyl (C=O) groups excluding carboxylic acids is 1. The molecule has 0 aliphatic heterocycles. The molecule has 0 saturated carbocycles. The Kier molecular flexibility index (Phi) is 3.21. The molecule has 1 rings (SSSR count). The van der Waals surface area contributed by atoms with Gasteiger partial charge in [0.2, 0.25) is 0 Å². The Labute approximate surface area is 81.8 Å². The van der Waals surface area contributed by atoms with Crippen LogP contribution in [0.1, 0.15) is 24.2 Å². The van der Waals surface area contributed by atoms with Crippen molar-refractivity contribution in [1.82, 2.24) is 0 Å². The summed E-state index contributed by atoms with van der Waals surface area (Å²) < 4.78 is 0. The third-order valence-electron chi connectivity index (χ3n) is 1.89. The molecule has 0 fully saturated rings. The van der Waals surface area contributed by atoms with Crippen molar-refractivity contribution in [2.75, 3.05) is 0 Å². The predicted octanol–water partition coefficient (Wildman–Crippen LogP) is 2.73. The van der Waals surface area contributed by atoms with Crippen LogP contribution in [0.2, 0.25) is 0 Å². The minimum atomic E-state index is -0.505. The molecule has 0 amide bonds. The van der Waals surface area contributed by atoms with Crippen LogP contribution in [0.4, 0.5) is 0 Å². The van der Waals surface area contributed by atoms with E-state index in [1.165, 1.54) is 11.3 Å². The maximum absolute atomic E-state index is 11.7. The number of nitrogens with zero attached hydrogens (tertiary/aromatic N) is 1. The highest BCUT2D eigenvalue weighted by Gasteiger charge is 2.22. The second-order valence-corrected chi connectivity index (χ2v) is 4.01. The molecule has 1 aromatic rings.